The Morgan fingerprint density at radius 3 is 2.77 bits per heavy atom. The minimum absolute atomic E-state index is 0.108. The van der Waals surface area contributed by atoms with Gasteiger partial charge in [-0.05, 0) is 25.0 Å². The van der Waals surface area contributed by atoms with Crippen LogP contribution >= 0.6 is 0 Å². The normalized spacial score (nSPS) is 19.7. The summed E-state index contributed by atoms with van der Waals surface area (Å²) in [5.74, 6) is -0.464. The van der Waals surface area contributed by atoms with Gasteiger partial charge in [0.25, 0.3) is 5.91 Å². The number of carbonyl (C=O) groups excluding carboxylic acids is 1. The average Bonchev–Trinajstić information content (AvgIpc) is 2.47. The molecule has 1 aromatic carbocycles. The summed E-state index contributed by atoms with van der Waals surface area (Å²) in [6.07, 6.45) is 2.50. The second kappa shape index (κ2) is 6.98. The minimum atomic E-state index is -0.815. The Labute approximate surface area is 128 Å². The van der Waals surface area contributed by atoms with Gasteiger partial charge in [-0.1, -0.05) is 12.7 Å². The van der Waals surface area contributed by atoms with Crippen LogP contribution in [0.4, 0.5) is 0 Å². The largest absolute Gasteiger partial charge is 0.497 e. The maximum atomic E-state index is 12.3. The summed E-state index contributed by atoms with van der Waals surface area (Å²) in [5.41, 5.74) is 0.390. The topological polar surface area (TPSA) is 84.9 Å². The van der Waals surface area contributed by atoms with Crippen LogP contribution in [0.15, 0.2) is 30.9 Å². The summed E-state index contributed by atoms with van der Waals surface area (Å²) in [7, 11) is 1.53. The van der Waals surface area contributed by atoms with Gasteiger partial charge in [0.1, 0.15) is 18.1 Å². The molecular formula is C16H19NO5. The van der Waals surface area contributed by atoms with Crippen LogP contribution in [-0.4, -0.2) is 36.7 Å². The first-order chi connectivity index (χ1) is 10.5. The van der Waals surface area contributed by atoms with Gasteiger partial charge in [-0.2, -0.15) is 0 Å². The van der Waals surface area contributed by atoms with Gasteiger partial charge in [0.15, 0.2) is 0 Å². The zero-order valence-electron chi connectivity index (χ0n) is 12.4. The molecule has 0 saturated heterocycles. The highest BCUT2D eigenvalue weighted by atomic mass is 16.5. The second-order valence-corrected chi connectivity index (χ2v) is 5.14. The molecule has 0 atom stereocenters. The SMILES string of the molecule is C=CCOc1cc(OC)ccc1C(=O)NC1CC(C(=O)O)C1. The van der Waals surface area contributed by atoms with E-state index in [2.05, 4.69) is 11.9 Å². The smallest absolute Gasteiger partial charge is 0.306 e. The summed E-state index contributed by atoms with van der Waals surface area (Å²) in [4.78, 5) is 23.1. The van der Waals surface area contributed by atoms with Crippen molar-refractivity contribution < 1.29 is 24.2 Å². The van der Waals surface area contributed by atoms with Crippen molar-refractivity contribution in [3.05, 3.63) is 36.4 Å². The number of hydrogen-bond acceptors (Lipinski definition) is 4. The molecule has 0 radical (unpaired) electrons. The average molecular weight is 305 g/mol. The molecule has 0 bridgehead atoms. The van der Waals surface area contributed by atoms with Gasteiger partial charge in [-0.25, -0.2) is 0 Å². The van der Waals surface area contributed by atoms with Gasteiger partial charge >= 0.3 is 5.97 Å². The van der Waals surface area contributed by atoms with Gasteiger partial charge in [0.05, 0.1) is 18.6 Å². The van der Waals surface area contributed by atoms with Crippen LogP contribution in [-0.2, 0) is 4.79 Å². The predicted molar refractivity (Wildman–Crippen MR) is 80.3 cm³/mol. The number of amides is 1. The molecule has 0 aromatic heterocycles. The zero-order valence-corrected chi connectivity index (χ0v) is 12.4. The van der Waals surface area contributed by atoms with E-state index in [9.17, 15) is 9.59 Å². The van der Waals surface area contributed by atoms with Crippen LogP contribution in [0.5, 0.6) is 11.5 Å². The van der Waals surface area contributed by atoms with E-state index in [1.165, 1.54) is 7.11 Å². The fourth-order valence-electron chi connectivity index (χ4n) is 2.29. The standard InChI is InChI=1S/C16H19NO5/c1-3-6-22-14-9-12(21-2)4-5-13(14)15(18)17-11-7-10(8-11)16(19)20/h3-5,9-11H,1,6-8H2,2H3,(H,17,18)(H,19,20). The van der Waals surface area contributed by atoms with Crippen molar-refractivity contribution in [3.63, 3.8) is 0 Å². The van der Waals surface area contributed by atoms with Crippen LogP contribution in [0, 0.1) is 5.92 Å². The lowest BCUT2D eigenvalue weighted by molar-refractivity contribution is -0.145. The third kappa shape index (κ3) is 3.58. The van der Waals surface area contributed by atoms with Crippen molar-refractivity contribution in [2.75, 3.05) is 13.7 Å². The van der Waals surface area contributed by atoms with Crippen LogP contribution in [0.3, 0.4) is 0 Å². The van der Waals surface area contributed by atoms with E-state index in [1.54, 1.807) is 24.3 Å². The number of carboxylic acid groups (broad SMARTS) is 1. The fourth-order valence-corrected chi connectivity index (χ4v) is 2.29. The maximum absolute atomic E-state index is 12.3. The van der Waals surface area contributed by atoms with Gasteiger partial charge < -0.3 is 19.9 Å². The van der Waals surface area contributed by atoms with Gasteiger partial charge in [0.2, 0.25) is 0 Å². The lowest BCUT2D eigenvalue weighted by Gasteiger charge is -2.32. The molecule has 1 aliphatic rings. The van der Waals surface area contributed by atoms with Crippen molar-refractivity contribution >= 4 is 11.9 Å². The maximum Gasteiger partial charge on any atom is 0.306 e. The molecule has 1 aromatic rings. The molecule has 1 aliphatic carbocycles. The molecule has 2 N–H and O–H groups in total. The molecule has 1 saturated carbocycles. The molecule has 6 heteroatoms. The number of benzene rings is 1. The first kappa shape index (κ1) is 15.9. The Hall–Kier alpha value is -2.50. The van der Waals surface area contributed by atoms with E-state index in [-0.39, 0.29) is 24.5 Å². The first-order valence-corrected chi connectivity index (χ1v) is 7.00. The zero-order chi connectivity index (χ0) is 16.1. The van der Waals surface area contributed by atoms with Crippen molar-refractivity contribution in [3.8, 4) is 11.5 Å². The molecule has 0 aliphatic heterocycles. The quantitative estimate of drug-likeness (QED) is 0.751. The Kier molecular flexibility index (Phi) is 5.04. The van der Waals surface area contributed by atoms with Gasteiger partial charge in [-0.3, -0.25) is 9.59 Å². The van der Waals surface area contributed by atoms with Crippen molar-refractivity contribution in [1.82, 2.24) is 5.32 Å². The van der Waals surface area contributed by atoms with E-state index < -0.39 is 5.97 Å². The highest BCUT2D eigenvalue weighted by Gasteiger charge is 2.35. The number of aliphatic carboxylic acids is 1. The van der Waals surface area contributed by atoms with Crippen LogP contribution in [0.25, 0.3) is 0 Å². The van der Waals surface area contributed by atoms with Gasteiger partial charge in [-0.15, -0.1) is 0 Å². The predicted octanol–water partition coefficient (Wildman–Crippen LogP) is 1.85. The Morgan fingerprint density at radius 2 is 2.18 bits per heavy atom. The molecular weight excluding hydrogens is 286 g/mol. The fraction of sp³-hybridized carbons (Fsp3) is 0.375. The van der Waals surface area contributed by atoms with Gasteiger partial charge in [0, 0.05) is 12.1 Å². The molecule has 1 amide bonds. The number of hydrogen-bond donors (Lipinski definition) is 2. The molecule has 22 heavy (non-hydrogen) atoms. The number of nitrogens with one attached hydrogen (secondary N) is 1. The van der Waals surface area contributed by atoms with Crippen molar-refractivity contribution in [2.24, 2.45) is 5.92 Å². The summed E-state index contributed by atoms with van der Waals surface area (Å²) in [5, 5.41) is 11.7. The molecule has 0 heterocycles. The summed E-state index contributed by atoms with van der Waals surface area (Å²) >= 11 is 0. The summed E-state index contributed by atoms with van der Waals surface area (Å²) in [6, 6.07) is 4.83. The molecule has 118 valence electrons. The third-order valence-corrected chi connectivity index (χ3v) is 3.61. The highest BCUT2D eigenvalue weighted by molar-refractivity contribution is 5.97. The van der Waals surface area contributed by atoms with E-state index in [4.69, 9.17) is 14.6 Å². The van der Waals surface area contributed by atoms with Crippen LogP contribution < -0.4 is 14.8 Å². The van der Waals surface area contributed by atoms with Crippen molar-refractivity contribution in [1.29, 1.82) is 0 Å². The molecule has 1 fully saturated rings. The highest BCUT2D eigenvalue weighted by Crippen LogP contribution is 2.29. The van der Waals surface area contributed by atoms with E-state index in [0.717, 1.165) is 0 Å². The molecule has 0 spiro atoms. The summed E-state index contributed by atoms with van der Waals surface area (Å²) in [6.45, 7) is 3.85. The number of carboxylic acids is 1. The summed E-state index contributed by atoms with van der Waals surface area (Å²) < 4.78 is 10.6. The molecule has 6 nitrogen and oxygen atoms in total. The Balaban J connectivity index is 2.05. The second-order valence-electron chi connectivity index (χ2n) is 5.14. The van der Waals surface area contributed by atoms with E-state index in [1.807, 2.05) is 0 Å². The minimum Gasteiger partial charge on any atom is -0.497 e. The lowest BCUT2D eigenvalue weighted by Crippen LogP contribution is -2.46. The Morgan fingerprint density at radius 1 is 1.45 bits per heavy atom. The van der Waals surface area contributed by atoms with Crippen molar-refractivity contribution in [2.45, 2.75) is 18.9 Å². The third-order valence-electron chi connectivity index (χ3n) is 3.61. The molecule has 0 unspecified atom stereocenters. The lowest BCUT2D eigenvalue weighted by atomic mass is 9.80. The van der Waals surface area contributed by atoms with E-state index in [0.29, 0.717) is 29.9 Å². The number of carbonyl (C=O) groups is 2. The monoisotopic (exact) mass is 305 g/mol. The first-order valence-electron chi connectivity index (χ1n) is 7.00. The van der Waals surface area contributed by atoms with E-state index >= 15 is 0 Å². The number of methoxy groups -OCH3 is 1. The number of rotatable bonds is 7. The van der Waals surface area contributed by atoms with Crippen LogP contribution in [0.1, 0.15) is 23.2 Å². The molecule has 2 rings (SSSR count). The van der Waals surface area contributed by atoms with Crippen LogP contribution in [0.2, 0.25) is 0 Å². The Bertz CT molecular complexity index is 578. The number of ether oxygens (including phenoxy) is 2.